The first-order valence-electron chi connectivity index (χ1n) is 6.54. The number of nitrogens with one attached hydrogen (secondary N) is 1. The van der Waals surface area contributed by atoms with Crippen molar-refractivity contribution in [2.24, 2.45) is 5.84 Å². The number of benzene rings is 1. The Morgan fingerprint density at radius 3 is 2.14 bits per heavy atom. The molecule has 1 aromatic rings. The van der Waals surface area contributed by atoms with Gasteiger partial charge in [-0.15, -0.1) is 13.2 Å². The zero-order valence-corrected chi connectivity index (χ0v) is 12.3. The summed E-state index contributed by atoms with van der Waals surface area (Å²) in [6, 6.07) is 5.58. The molecule has 1 rings (SSSR count). The Bertz CT molecular complexity index is 427. The fourth-order valence-electron chi connectivity index (χ4n) is 1.63. The van der Waals surface area contributed by atoms with E-state index in [-0.39, 0.29) is 17.4 Å². The van der Waals surface area contributed by atoms with Crippen LogP contribution in [0.1, 0.15) is 26.3 Å². The molecule has 120 valence electrons. The molecule has 7 heteroatoms. The Balaban J connectivity index is 2.57. The van der Waals surface area contributed by atoms with Crippen LogP contribution in [0, 0.1) is 0 Å². The predicted octanol–water partition coefficient (Wildman–Crippen LogP) is 2.77. The van der Waals surface area contributed by atoms with Gasteiger partial charge in [-0.25, -0.2) is 0 Å². The first-order valence-corrected chi connectivity index (χ1v) is 6.54. The molecule has 0 aliphatic heterocycles. The van der Waals surface area contributed by atoms with Gasteiger partial charge in [0.05, 0.1) is 12.2 Å². The highest BCUT2D eigenvalue weighted by Gasteiger charge is 2.30. The van der Waals surface area contributed by atoms with Crippen molar-refractivity contribution in [1.82, 2.24) is 5.43 Å². The van der Waals surface area contributed by atoms with Gasteiger partial charge in [0.2, 0.25) is 0 Å². The van der Waals surface area contributed by atoms with Crippen LogP contribution in [0.2, 0.25) is 0 Å². The fraction of sp³-hybridized carbons (Fsp3) is 0.571. The van der Waals surface area contributed by atoms with Gasteiger partial charge in [-0.1, -0.05) is 12.1 Å². The number of ether oxygens (including phenoxy) is 2. The summed E-state index contributed by atoms with van der Waals surface area (Å²) in [6.45, 7) is 6.21. The number of hydrazine groups is 1. The van der Waals surface area contributed by atoms with Gasteiger partial charge < -0.3 is 9.47 Å². The summed E-state index contributed by atoms with van der Waals surface area (Å²) in [6.07, 6.45) is -4.14. The average molecular weight is 306 g/mol. The van der Waals surface area contributed by atoms with E-state index >= 15 is 0 Å². The van der Waals surface area contributed by atoms with Crippen molar-refractivity contribution in [2.75, 3.05) is 6.61 Å². The first kappa shape index (κ1) is 17.7. The van der Waals surface area contributed by atoms with Crippen LogP contribution >= 0.6 is 0 Å². The summed E-state index contributed by atoms with van der Waals surface area (Å²) >= 11 is 0. The highest BCUT2D eigenvalue weighted by molar-refractivity contribution is 5.28. The van der Waals surface area contributed by atoms with Gasteiger partial charge in [0.15, 0.2) is 0 Å². The normalized spacial score (nSPS) is 14.0. The molecule has 0 aliphatic rings. The minimum Gasteiger partial charge on any atom is -0.406 e. The Labute approximate surface area is 122 Å². The van der Waals surface area contributed by atoms with Crippen LogP contribution in [0.3, 0.4) is 0 Å². The van der Waals surface area contributed by atoms with E-state index in [2.05, 4.69) is 10.2 Å². The molecule has 0 spiro atoms. The van der Waals surface area contributed by atoms with Crippen LogP contribution in [0.15, 0.2) is 24.3 Å². The van der Waals surface area contributed by atoms with Gasteiger partial charge >= 0.3 is 6.36 Å². The van der Waals surface area contributed by atoms with Gasteiger partial charge in [-0.2, -0.15) is 0 Å². The lowest BCUT2D eigenvalue weighted by Crippen LogP contribution is -2.42. The second kappa shape index (κ2) is 7.11. The molecule has 0 amide bonds. The standard InChI is InChI=1S/C14H21F3N2O2/c1-13(2,3)20-9-11(19-18)8-10-4-6-12(7-5-10)21-14(15,16)17/h4-7,11,19H,8-9,18H2,1-3H3. The third-order valence-corrected chi connectivity index (χ3v) is 2.59. The molecule has 1 unspecified atom stereocenters. The minimum atomic E-state index is -4.68. The molecule has 0 radical (unpaired) electrons. The van der Waals surface area contributed by atoms with Crippen molar-refractivity contribution in [3.63, 3.8) is 0 Å². The van der Waals surface area contributed by atoms with Crippen LogP contribution in [-0.4, -0.2) is 24.6 Å². The number of hydrogen-bond donors (Lipinski definition) is 2. The second-order valence-corrected chi connectivity index (χ2v) is 5.68. The molecule has 0 fully saturated rings. The first-order chi connectivity index (χ1) is 9.59. The van der Waals surface area contributed by atoms with Crippen molar-refractivity contribution in [3.8, 4) is 5.75 Å². The van der Waals surface area contributed by atoms with Crippen molar-refractivity contribution < 1.29 is 22.6 Å². The van der Waals surface area contributed by atoms with Crippen LogP contribution in [0.5, 0.6) is 5.75 Å². The molecule has 0 bridgehead atoms. The summed E-state index contributed by atoms with van der Waals surface area (Å²) in [5.74, 6) is 5.22. The van der Waals surface area contributed by atoms with Crippen molar-refractivity contribution in [2.45, 2.75) is 45.2 Å². The fourth-order valence-corrected chi connectivity index (χ4v) is 1.63. The van der Waals surface area contributed by atoms with Crippen molar-refractivity contribution in [3.05, 3.63) is 29.8 Å². The largest absolute Gasteiger partial charge is 0.573 e. The Morgan fingerprint density at radius 2 is 1.71 bits per heavy atom. The van der Waals surface area contributed by atoms with Gasteiger partial charge in [0.1, 0.15) is 5.75 Å². The molecular weight excluding hydrogens is 285 g/mol. The van der Waals surface area contributed by atoms with Gasteiger partial charge in [0, 0.05) is 6.04 Å². The van der Waals surface area contributed by atoms with Crippen LogP contribution in [-0.2, 0) is 11.2 Å². The Hall–Kier alpha value is -1.31. The van der Waals surface area contributed by atoms with E-state index in [1.54, 1.807) is 12.1 Å². The maximum Gasteiger partial charge on any atom is 0.573 e. The minimum absolute atomic E-state index is 0.126. The number of alkyl halides is 3. The highest BCUT2D eigenvalue weighted by Crippen LogP contribution is 2.23. The topological polar surface area (TPSA) is 56.5 Å². The lowest BCUT2D eigenvalue weighted by atomic mass is 10.1. The monoisotopic (exact) mass is 306 g/mol. The molecule has 1 atom stereocenters. The maximum absolute atomic E-state index is 12.1. The van der Waals surface area contributed by atoms with Crippen LogP contribution < -0.4 is 16.0 Å². The average Bonchev–Trinajstić information content (AvgIpc) is 2.33. The van der Waals surface area contributed by atoms with Crippen molar-refractivity contribution in [1.29, 1.82) is 0 Å². The van der Waals surface area contributed by atoms with Crippen molar-refractivity contribution >= 4 is 0 Å². The van der Waals surface area contributed by atoms with Gasteiger partial charge in [0.25, 0.3) is 0 Å². The highest BCUT2D eigenvalue weighted by atomic mass is 19.4. The molecule has 4 nitrogen and oxygen atoms in total. The summed E-state index contributed by atoms with van der Waals surface area (Å²) in [4.78, 5) is 0. The number of rotatable bonds is 6. The van der Waals surface area contributed by atoms with E-state index in [0.717, 1.165) is 5.56 Å². The summed E-state index contributed by atoms with van der Waals surface area (Å²) in [5, 5.41) is 0. The van der Waals surface area contributed by atoms with E-state index in [1.165, 1.54) is 12.1 Å². The van der Waals surface area contributed by atoms with Gasteiger partial charge in [-0.05, 0) is 44.9 Å². The number of nitrogens with two attached hydrogens (primary N) is 1. The zero-order chi connectivity index (χ0) is 16.1. The smallest absolute Gasteiger partial charge is 0.406 e. The van der Waals surface area contributed by atoms with E-state index in [1.807, 2.05) is 20.8 Å². The second-order valence-electron chi connectivity index (χ2n) is 5.68. The van der Waals surface area contributed by atoms with Crippen LogP contribution in [0.4, 0.5) is 13.2 Å². The molecule has 0 saturated carbocycles. The molecule has 0 aliphatic carbocycles. The summed E-state index contributed by atoms with van der Waals surface area (Å²) < 4.78 is 45.6. The number of halogens is 3. The lowest BCUT2D eigenvalue weighted by Gasteiger charge is -2.24. The van der Waals surface area contributed by atoms with E-state index < -0.39 is 6.36 Å². The third kappa shape index (κ3) is 7.89. The lowest BCUT2D eigenvalue weighted by molar-refractivity contribution is -0.274. The molecule has 0 saturated heterocycles. The quantitative estimate of drug-likeness (QED) is 0.627. The molecule has 0 aromatic heterocycles. The molecule has 0 heterocycles. The predicted molar refractivity (Wildman–Crippen MR) is 73.6 cm³/mol. The molecule has 1 aromatic carbocycles. The Morgan fingerprint density at radius 1 is 1.14 bits per heavy atom. The van der Waals surface area contributed by atoms with E-state index in [4.69, 9.17) is 10.6 Å². The van der Waals surface area contributed by atoms with E-state index in [9.17, 15) is 13.2 Å². The summed E-state index contributed by atoms with van der Waals surface area (Å²) in [5.41, 5.74) is 3.20. The van der Waals surface area contributed by atoms with E-state index in [0.29, 0.717) is 13.0 Å². The SMILES string of the molecule is CC(C)(C)OCC(Cc1ccc(OC(F)(F)F)cc1)NN. The zero-order valence-electron chi connectivity index (χ0n) is 12.3. The maximum atomic E-state index is 12.1. The molecule has 21 heavy (non-hydrogen) atoms. The van der Waals surface area contributed by atoms with Crippen LogP contribution in [0.25, 0.3) is 0 Å². The summed E-state index contributed by atoms with van der Waals surface area (Å²) in [7, 11) is 0. The number of hydrogen-bond acceptors (Lipinski definition) is 4. The third-order valence-electron chi connectivity index (χ3n) is 2.59. The Kier molecular flexibility index (Phi) is 6.00. The van der Waals surface area contributed by atoms with Gasteiger partial charge in [-0.3, -0.25) is 11.3 Å². The molecule has 3 N–H and O–H groups in total. The molecular formula is C14H21F3N2O2.